The predicted octanol–water partition coefficient (Wildman–Crippen LogP) is 1.43. The number of nitrogens with one attached hydrogen (secondary N) is 1. The zero-order chi connectivity index (χ0) is 15.1. The van der Waals surface area contributed by atoms with Gasteiger partial charge in [0.2, 0.25) is 5.91 Å². The number of carbonyl (C=O) groups excluding carboxylic acids is 2. The highest BCUT2D eigenvalue weighted by Gasteiger charge is 2.30. The second kappa shape index (κ2) is 8.14. The summed E-state index contributed by atoms with van der Waals surface area (Å²) in [5.74, 6) is -0.261. The maximum atomic E-state index is 12.0. The molecule has 1 aliphatic heterocycles. The number of methoxy groups -OCH3 is 1. The number of rotatable bonds is 6. The zero-order valence-electron chi connectivity index (χ0n) is 12.3. The summed E-state index contributed by atoms with van der Waals surface area (Å²) in [6, 6.07) is 3.80. The predicted molar refractivity (Wildman–Crippen MR) is 82.3 cm³/mol. The molecule has 0 bridgehead atoms. The van der Waals surface area contributed by atoms with Crippen molar-refractivity contribution in [2.75, 3.05) is 26.7 Å². The molecular weight excluding hydrogens is 288 g/mol. The Balaban J connectivity index is 1.76. The van der Waals surface area contributed by atoms with Crippen LogP contribution in [0.15, 0.2) is 17.5 Å². The number of piperidine rings is 1. The first-order valence-corrected chi connectivity index (χ1v) is 8.19. The molecular formula is C15H22N2O3S. The normalized spacial score (nSPS) is 19.2. The first-order valence-electron chi connectivity index (χ1n) is 7.31. The first kappa shape index (κ1) is 16.0. The number of esters is 1. The van der Waals surface area contributed by atoms with Gasteiger partial charge in [-0.05, 0) is 37.3 Å². The van der Waals surface area contributed by atoms with E-state index in [2.05, 4.69) is 11.4 Å². The van der Waals surface area contributed by atoms with E-state index in [0.717, 1.165) is 32.2 Å². The molecule has 2 heterocycles. The van der Waals surface area contributed by atoms with E-state index in [1.54, 1.807) is 11.3 Å². The molecule has 0 radical (unpaired) electrons. The van der Waals surface area contributed by atoms with E-state index in [4.69, 9.17) is 4.74 Å². The third kappa shape index (κ3) is 4.82. The molecule has 1 amide bonds. The summed E-state index contributed by atoms with van der Waals surface area (Å²) in [6.07, 6.45) is 3.66. The van der Waals surface area contributed by atoms with Crippen LogP contribution in [0.5, 0.6) is 0 Å². The standard InChI is InChI=1S/C15H22N2O3S/c1-20-15(19)13-6-2-3-9-17(13)11-14(18)16-8-7-12-5-4-10-21-12/h4-5,10,13H,2-3,6-9,11H2,1H3,(H,16,18). The number of amides is 1. The van der Waals surface area contributed by atoms with Gasteiger partial charge in [0.1, 0.15) is 6.04 Å². The second-order valence-electron chi connectivity index (χ2n) is 5.18. The number of ether oxygens (including phenoxy) is 1. The third-order valence-electron chi connectivity index (χ3n) is 3.71. The maximum absolute atomic E-state index is 12.0. The Hall–Kier alpha value is -1.40. The molecule has 1 atom stereocenters. The van der Waals surface area contributed by atoms with E-state index in [0.29, 0.717) is 6.54 Å². The monoisotopic (exact) mass is 310 g/mol. The van der Waals surface area contributed by atoms with Gasteiger partial charge in [0, 0.05) is 11.4 Å². The Kier molecular flexibility index (Phi) is 6.20. The van der Waals surface area contributed by atoms with E-state index < -0.39 is 0 Å². The van der Waals surface area contributed by atoms with Gasteiger partial charge < -0.3 is 10.1 Å². The SMILES string of the molecule is COC(=O)C1CCCCN1CC(=O)NCCc1cccs1. The number of thiophene rings is 1. The van der Waals surface area contributed by atoms with Gasteiger partial charge in [0.25, 0.3) is 0 Å². The topological polar surface area (TPSA) is 58.6 Å². The lowest BCUT2D eigenvalue weighted by atomic mass is 10.0. The molecule has 0 spiro atoms. The Morgan fingerprint density at radius 3 is 3.05 bits per heavy atom. The van der Waals surface area contributed by atoms with Crippen molar-refractivity contribution < 1.29 is 14.3 Å². The van der Waals surface area contributed by atoms with Crippen molar-refractivity contribution in [3.63, 3.8) is 0 Å². The van der Waals surface area contributed by atoms with Crippen LogP contribution in [0.4, 0.5) is 0 Å². The fourth-order valence-electron chi connectivity index (χ4n) is 2.60. The molecule has 0 saturated carbocycles. The first-order chi connectivity index (χ1) is 10.2. The Bertz CT molecular complexity index is 461. The lowest BCUT2D eigenvalue weighted by Gasteiger charge is -2.32. The highest BCUT2D eigenvalue weighted by atomic mass is 32.1. The highest BCUT2D eigenvalue weighted by molar-refractivity contribution is 7.09. The van der Waals surface area contributed by atoms with Crippen LogP contribution in [-0.4, -0.2) is 49.6 Å². The number of likely N-dealkylation sites (tertiary alicyclic amines) is 1. The van der Waals surface area contributed by atoms with Crippen LogP contribution in [0, 0.1) is 0 Å². The van der Waals surface area contributed by atoms with Gasteiger partial charge in [-0.3, -0.25) is 14.5 Å². The Morgan fingerprint density at radius 1 is 1.48 bits per heavy atom. The summed E-state index contributed by atoms with van der Waals surface area (Å²) >= 11 is 1.69. The fraction of sp³-hybridized carbons (Fsp3) is 0.600. The van der Waals surface area contributed by atoms with Gasteiger partial charge >= 0.3 is 5.97 Å². The minimum atomic E-state index is -0.271. The molecule has 21 heavy (non-hydrogen) atoms. The molecule has 1 aliphatic rings. The molecule has 0 aliphatic carbocycles. The molecule has 1 saturated heterocycles. The van der Waals surface area contributed by atoms with E-state index in [-0.39, 0.29) is 24.5 Å². The molecule has 0 aromatic carbocycles. The van der Waals surface area contributed by atoms with Gasteiger partial charge in [-0.15, -0.1) is 11.3 Å². The van der Waals surface area contributed by atoms with Crippen molar-refractivity contribution in [3.8, 4) is 0 Å². The number of hydrogen-bond acceptors (Lipinski definition) is 5. The molecule has 1 fully saturated rings. The van der Waals surface area contributed by atoms with Crippen molar-refractivity contribution in [2.45, 2.75) is 31.7 Å². The van der Waals surface area contributed by atoms with Crippen LogP contribution in [0.1, 0.15) is 24.1 Å². The van der Waals surface area contributed by atoms with Gasteiger partial charge in [0.05, 0.1) is 13.7 Å². The number of nitrogens with zero attached hydrogens (tertiary/aromatic N) is 1. The lowest BCUT2D eigenvalue weighted by Crippen LogP contribution is -2.49. The summed E-state index contributed by atoms with van der Waals surface area (Å²) in [5.41, 5.74) is 0. The Morgan fingerprint density at radius 2 is 2.33 bits per heavy atom. The number of hydrogen-bond donors (Lipinski definition) is 1. The lowest BCUT2D eigenvalue weighted by molar-refractivity contribution is -0.148. The number of carbonyl (C=O) groups is 2. The maximum Gasteiger partial charge on any atom is 0.323 e. The molecule has 1 unspecified atom stereocenters. The molecule has 116 valence electrons. The van der Waals surface area contributed by atoms with Gasteiger partial charge in [0.15, 0.2) is 0 Å². The van der Waals surface area contributed by atoms with Crippen molar-refractivity contribution in [1.29, 1.82) is 0 Å². The minimum absolute atomic E-state index is 0.0256. The molecule has 2 rings (SSSR count). The van der Waals surface area contributed by atoms with Gasteiger partial charge in [-0.2, -0.15) is 0 Å². The quantitative estimate of drug-likeness (QED) is 0.808. The van der Waals surface area contributed by atoms with Crippen molar-refractivity contribution in [2.24, 2.45) is 0 Å². The van der Waals surface area contributed by atoms with E-state index >= 15 is 0 Å². The van der Waals surface area contributed by atoms with Crippen LogP contribution in [-0.2, 0) is 20.7 Å². The van der Waals surface area contributed by atoms with E-state index in [9.17, 15) is 9.59 Å². The smallest absolute Gasteiger partial charge is 0.323 e. The van der Waals surface area contributed by atoms with E-state index in [1.807, 2.05) is 16.3 Å². The average Bonchev–Trinajstić information content (AvgIpc) is 3.00. The minimum Gasteiger partial charge on any atom is -0.468 e. The molecule has 1 aromatic heterocycles. The fourth-order valence-corrected chi connectivity index (χ4v) is 3.31. The highest BCUT2D eigenvalue weighted by Crippen LogP contribution is 2.17. The van der Waals surface area contributed by atoms with Gasteiger partial charge in [-0.1, -0.05) is 12.5 Å². The summed E-state index contributed by atoms with van der Waals surface area (Å²) in [4.78, 5) is 26.9. The van der Waals surface area contributed by atoms with Crippen LogP contribution in [0.2, 0.25) is 0 Å². The van der Waals surface area contributed by atoms with Crippen LogP contribution < -0.4 is 5.32 Å². The Labute approximate surface area is 129 Å². The molecule has 1 aromatic rings. The third-order valence-corrected chi connectivity index (χ3v) is 4.64. The van der Waals surface area contributed by atoms with Crippen LogP contribution in [0.25, 0.3) is 0 Å². The van der Waals surface area contributed by atoms with Crippen LogP contribution in [0.3, 0.4) is 0 Å². The summed E-state index contributed by atoms with van der Waals surface area (Å²) in [5, 5.41) is 4.95. The summed E-state index contributed by atoms with van der Waals surface area (Å²) in [7, 11) is 1.40. The van der Waals surface area contributed by atoms with Gasteiger partial charge in [-0.25, -0.2) is 0 Å². The van der Waals surface area contributed by atoms with Crippen molar-refractivity contribution >= 4 is 23.2 Å². The largest absolute Gasteiger partial charge is 0.468 e. The van der Waals surface area contributed by atoms with Crippen LogP contribution >= 0.6 is 11.3 Å². The van der Waals surface area contributed by atoms with Crippen molar-refractivity contribution in [3.05, 3.63) is 22.4 Å². The van der Waals surface area contributed by atoms with Crippen molar-refractivity contribution in [1.82, 2.24) is 10.2 Å². The molecule has 6 heteroatoms. The molecule has 5 nitrogen and oxygen atoms in total. The second-order valence-corrected chi connectivity index (χ2v) is 6.22. The summed E-state index contributed by atoms with van der Waals surface area (Å²) < 4.78 is 4.82. The average molecular weight is 310 g/mol. The zero-order valence-corrected chi connectivity index (χ0v) is 13.2. The summed E-state index contributed by atoms with van der Waals surface area (Å²) in [6.45, 7) is 1.68. The van der Waals surface area contributed by atoms with E-state index in [1.165, 1.54) is 12.0 Å². The molecule has 1 N–H and O–H groups in total.